The highest BCUT2D eigenvalue weighted by Crippen LogP contribution is 2.13. The molecule has 0 aromatic heterocycles. The van der Waals surface area contributed by atoms with E-state index in [1.54, 1.807) is 0 Å². The molecule has 0 rings (SSSR count). The lowest BCUT2D eigenvalue weighted by Gasteiger charge is -2.16. The van der Waals surface area contributed by atoms with Crippen molar-refractivity contribution in [2.45, 2.75) is 110 Å². The second-order valence-electron chi connectivity index (χ2n) is 7.16. The summed E-state index contributed by atoms with van der Waals surface area (Å²) in [5.41, 5.74) is 0. The molecule has 0 aliphatic carbocycles. The van der Waals surface area contributed by atoms with Gasteiger partial charge in [0.05, 0.1) is 14.2 Å². The standard InChI is InChI=1S/C21H44N2O3/c1-4-5-6-7-8-9-10-11-12-13-14-15-16-17-18-19-20-22-21(24)23(25-2)26-3/h4-20H2,1-3H3,(H,22,24). The molecule has 26 heavy (non-hydrogen) atoms. The van der Waals surface area contributed by atoms with Crippen molar-refractivity contribution in [3.63, 3.8) is 0 Å². The van der Waals surface area contributed by atoms with Crippen LogP contribution < -0.4 is 5.32 Å². The Balaban J connectivity index is 3.14. The number of amides is 2. The van der Waals surface area contributed by atoms with Crippen LogP contribution >= 0.6 is 0 Å². The third-order valence-electron chi connectivity index (χ3n) is 4.80. The summed E-state index contributed by atoms with van der Waals surface area (Å²) in [6.07, 6.45) is 21.6. The van der Waals surface area contributed by atoms with E-state index in [9.17, 15) is 4.79 Å². The molecule has 0 saturated heterocycles. The summed E-state index contributed by atoms with van der Waals surface area (Å²) in [6, 6.07) is -0.351. The van der Waals surface area contributed by atoms with E-state index in [4.69, 9.17) is 9.68 Å². The minimum atomic E-state index is -0.351. The van der Waals surface area contributed by atoms with E-state index in [1.807, 2.05) is 0 Å². The minimum absolute atomic E-state index is 0.351. The Morgan fingerprint density at radius 3 is 1.35 bits per heavy atom. The van der Waals surface area contributed by atoms with E-state index >= 15 is 0 Å². The average molecular weight is 373 g/mol. The highest BCUT2D eigenvalue weighted by molar-refractivity contribution is 5.71. The van der Waals surface area contributed by atoms with Crippen LogP contribution in [0.1, 0.15) is 110 Å². The quantitative estimate of drug-likeness (QED) is 0.211. The number of rotatable bonds is 19. The van der Waals surface area contributed by atoms with E-state index < -0.39 is 0 Å². The van der Waals surface area contributed by atoms with E-state index in [1.165, 1.54) is 104 Å². The number of nitrogens with zero attached hydrogens (tertiary/aromatic N) is 1. The van der Waals surface area contributed by atoms with Crippen molar-refractivity contribution in [1.29, 1.82) is 0 Å². The van der Waals surface area contributed by atoms with Gasteiger partial charge >= 0.3 is 6.03 Å². The molecule has 0 aromatic carbocycles. The summed E-state index contributed by atoms with van der Waals surface area (Å²) >= 11 is 0. The molecule has 1 N–H and O–H groups in total. The van der Waals surface area contributed by atoms with Crippen LogP contribution in [0, 0.1) is 0 Å². The van der Waals surface area contributed by atoms with Crippen molar-refractivity contribution in [1.82, 2.24) is 10.5 Å². The van der Waals surface area contributed by atoms with Gasteiger partial charge in [-0.1, -0.05) is 108 Å². The maximum atomic E-state index is 11.5. The summed E-state index contributed by atoms with van der Waals surface area (Å²) in [6.45, 7) is 2.94. The number of hydroxylamine groups is 2. The van der Waals surface area contributed by atoms with Crippen LogP contribution in [0.15, 0.2) is 0 Å². The average Bonchev–Trinajstić information content (AvgIpc) is 2.65. The largest absolute Gasteiger partial charge is 0.366 e. The fourth-order valence-corrected chi connectivity index (χ4v) is 3.17. The predicted octanol–water partition coefficient (Wildman–Crippen LogP) is 6.38. The van der Waals surface area contributed by atoms with Crippen molar-refractivity contribution >= 4 is 6.03 Å². The van der Waals surface area contributed by atoms with Crippen LogP contribution in [0.3, 0.4) is 0 Å². The molecule has 5 nitrogen and oxygen atoms in total. The molecule has 5 heteroatoms. The van der Waals surface area contributed by atoms with Gasteiger partial charge in [0.25, 0.3) is 0 Å². The first-order valence-electron chi connectivity index (χ1n) is 10.9. The van der Waals surface area contributed by atoms with Crippen LogP contribution in [-0.4, -0.2) is 32.0 Å². The van der Waals surface area contributed by atoms with Crippen molar-refractivity contribution in [3.05, 3.63) is 0 Å². The van der Waals surface area contributed by atoms with E-state index in [0.717, 1.165) is 18.1 Å². The monoisotopic (exact) mass is 372 g/mol. The number of hydrogen-bond acceptors (Lipinski definition) is 3. The summed E-state index contributed by atoms with van der Waals surface area (Å²) < 4.78 is 0. The molecule has 0 heterocycles. The van der Waals surface area contributed by atoms with Crippen molar-refractivity contribution < 1.29 is 14.5 Å². The van der Waals surface area contributed by atoms with Crippen molar-refractivity contribution in [2.75, 3.05) is 20.8 Å². The molecule has 156 valence electrons. The second-order valence-corrected chi connectivity index (χ2v) is 7.16. The maximum absolute atomic E-state index is 11.5. The van der Waals surface area contributed by atoms with Gasteiger partial charge in [-0.15, -0.1) is 0 Å². The Morgan fingerprint density at radius 1 is 0.654 bits per heavy atom. The van der Waals surface area contributed by atoms with Gasteiger partial charge in [-0.05, 0) is 6.42 Å². The van der Waals surface area contributed by atoms with Crippen LogP contribution in [0.5, 0.6) is 0 Å². The van der Waals surface area contributed by atoms with Gasteiger partial charge in [-0.25, -0.2) is 14.5 Å². The number of unbranched alkanes of at least 4 members (excludes halogenated alkanes) is 15. The lowest BCUT2D eigenvalue weighted by molar-refractivity contribution is -0.298. The summed E-state index contributed by atoms with van der Waals surface area (Å²) in [4.78, 5) is 21.0. The zero-order chi connectivity index (χ0) is 19.3. The van der Waals surface area contributed by atoms with Crippen LogP contribution in [0.25, 0.3) is 0 Å². The van der Waals surface area contributed by atoms with E-state index in [-0.39, 0.29) is 6.03 Å². The highest BCUT2D eigenvalue weighted by Gasteiger charge is 2.10. The third-order valence-corrected chi connectivity index (χ3v) is 4.80. The molecule has 0 aliphatic heterocycles. The minimum Gasteiger partial charge on any atom is -0.334 e. The lowest BCUT2D eigenvalue weighted by atomic mass is 10.0. The first-order chi connectivity index (χ1) is 12.8. The Hall–Kier alpha value is -0.810. The number of nitrogens with one attached hydrogen (secondary N) is 1. The van der Waals surface area contributed by atoms with Crippen LogP contribution in [0.2, 0.25) is 0 Å². The van der Waals surface area contributed by atoms with Gasteiger partial charge in [0.15, 0.2) is 0 Å². The molecule has 0 atom stereocenters. The third kappa shape index (κ3) is 16.6. The molecule has 0 fully saturated rings. The number of urea groups is 1. The summed E-state index contributed by atoms with van der Waals surface area (Å²) in [7, 11) is 2.80. The van der Waals surface area contributed by atoms with Gasteiger partial charge in [0.2, 0.25) is 0 Å². The SMILES string of the molecule is CCCCCCCCCCCCCCCCCCNC(=O)N(OC)OC. The Kier molecular flexibility index (Phi) is 19.9. The Labute approximate surface area is 162 Å². The zero-order valence-electron chi connectivity index (χ0n) is 17.7. The predicted molar refractivity (Wildman–Crippen MR) is 109 cm³/mol. The molecule has 0 unspecified atom stereocenters. The zero-order valence-corrected chi connectivity index (χ0v) is 17.7. The van der Waals surface area contributed by atoms with Gasteiger partial charge in [0.1, 0.15) is 0 Å². The normalized spacial score (nSPS) is 10.9. The molecular formula is C21H44N2O3. The fourth-order valence-electron chi connectivity index (χ4n) is 3.17. The topological polar surface area (TPSA) is 50.8 Å². The first-order valence-corrected chi connectivity index (χ1v) is 10.9. The van der Waals surface area contributed by atoms with Gasteiger partial charge in [-0.2, -0.15) is 0 Å². The molecule has 0 bridgehead atoms. The summed E-state index contributed by atoms with van der Waals surface area (Å²) in [5.74, 6) is 0. The molecule has 0 radical (unpaired) electrons. The highest BCUT2D eigenvalue weighted by atomic mass is 16.9. The van der Waals surface area contributed by atoms with Gasteiger partial charge in [-0.3, -0.25) is 0 Å². The maximum Gasteiger partial charge on any atom is 0.366 e. The molecule has 0 saturated carbocycles. The van der Waals surface area contributed by atoms with Gasteiger partial charge < -0.3 is 5.32 Å². The number of hydrogen-bond donors (Lipinski definition) is 1. The summed E-state index contributed by atoms with van der Waals surface area (Å²) in [5, 5.41) is 3.61. The molecule has 0 spiro atoms. The fraction of sp³-hybridized carbons (Fsp3) is 0.952. The Bertz CT molecular complexity index is 297. The van der Waals surface area contributed by atoms with E-state index in [0.29, 0.717) is 6.54 Å². The molecular weight excluding hydrogens is 328 g/mol. The Morgan fingerprint density at radius 2 is 1.00 bits per heavy atom. The van der Waals surface area contributed by atoms with Crippen LogP contribution in [0.4, 0.5) is 4.79 Å². The molecule has 0 aliphatic rings. The number of carbonyl (C=O) groups is 1. The smallest absolute Gasteiger partial charge is 0.334 e. The van der Waals surface area contributed by atoms with Gasteiger partial charge in [0, 0.05) is 6.54 Å². The molecule has 0 aromatic rings. The van der Waals surface area contributed by atoms with Crippen LogP contribution in [-0.2, 0) is 9.68 Å². The van der Waals surface area contributed by atoms with Crippen molar-refractivity contribution in [2.24, 2.45) is 0 Å². The number of carbonyl (C=O) groups excluding carboxylic acids is 1. The molecule has 2 amide bonds. The first kappa shape index (κ1) is 25.2. The van der Waals surface area contributed by atoms with E-state index in [2.05, 4.69) is 12.2 Å². The lowest BCUT2D eigenvalue weighted by Crippen LogP contribution is -2.38. The van der Waals surface area contributed by atoms with Crippen molar-refractivity contribution in [3.8, 4) is 0 Å². The second kappa shape index (κ2) is 20.5.